The number of anilines is 1. The minimum Gasteiger partial charge on any atom is -0.360 e. The van der Waals surface area contributed by atoms with Gasteiger partial charge in [-0.1, -0.05) is 53.2 Å². The monoisotopic (exact) mass is 482 g/mol. The van der Waals surface area contributed by atoms with E-state index in [4.69, 9.17) is 4.52 Å². The lowest BCUT2D eigenvalue weighted by molar-refractivity contribution is -0.121. The summed E-state index contributed by atoms with van der Waals surface area (Å²) in [6.07, 6.45) is 0.601. The predicted octanol–water partition coefficient (Wildman–Crippen LogP) is 3.68. The van der Waals surface area contributed by atoms with Gasteiger partial charge in [0.1, 0.15) is 16.6 Å². The molecule has 4 rings (SSSR count). The molecule has 0 aliphatic carbocycles. The van der Waals surface area contributed by atoms with Crippen molar-refractivity contribution >= 4 is 21.6 Å². The fourth-order valence-electron chi connectivity index (χ4n) is 4.40. The average Bonchev–Trinajstić information content (AvgIpc) is 3.00. The minimum atomic E-state index is -3.74. The van der Waals surface area contributed by atoms with Crippen molar-refractivity contribution in [2.24, 2.45) is 0 Å². The maximum Gasteiger partial charge on any atom is 0.248 e. The van der Waals surface area contributed by atoms with Gasteiger partial charge in [-0.2, -0.15) is 4.31 Å². The van der Waals surface area contributed by atoms with E-state index in [-0.39, 0.29) is 17.3 Å². The van der Waals surface area contributed by atoms with Crippen LogP contribution in [0.15, 0.2) is 64.0 Å². The first-order valence-electron chi connectivity index (χ1n) is 11.4. The molecule has 180 valence electrons. The van der Waals surface area contributed by atoms with E-state index in [1.807, 2.05) is 61.5 Å². The highest BCUT2D eigenvalue weighted by atomic mass is 32.2. The van der Waals surface area contributed by atoms with Crippen LogP contribution in [-0.4, -0.2) is 54.9 Å². The number of amides is 1. The smallest absolute Gasteiger partial charge is 0.248 e. The number of aromatic nitrogens is 1. The Balaban J connectivity index is 1.57. The Labute approximate surface area is 200 Å². The van der Waals surface area contributed by atoms with Gasteiger partial charge in [0.05, 0.1) is 0 Å². The first kappa shape index (κ1) is 24.1. The molecular weight excluding hydrogens is 452 g/mol. The predicted molar refractivity (Wildman–Crippen MR) is 130 cm³/mol. The van der Waals surface area contributed by atoms with E-state index >= 15 is 0 Å². The van der Waals surface area contributed by atoms with Gasteiger partial charge in [0, 0.05) is 31.9 Å². The Bertz CT molecular complexity index is 1220. The van der Waals surface area contributed by atoms with Gasteiger partial charge in [-0.15, -0.1) is 0 Å². The fourth-order valence-corrected chi connectivity index (χ4v) is 6.16. The van der Waals surface area contributed by atoms with Crippen molar-refractivity contribution in [2.45, 2.75) is 38.1 Å². The third kappa shape index (κ3) is 5.06. The van der Waals surface area contributed by atoms with E-state index in [0.29, 0.717) is 37.5 Å². The van der Waals surface area contributed by atoms with Crippen LogP contribution in [0.2, 0.25) is 0 Å². The number of aryl methyl sites for hydroxylation is 3. The highest BCUT2D eigenvalue weighted by molar-refractivity contribution is 7.89. The Morgan fingerprint density at radius 2 is 1.68 bits per heavy atom. The van der Waals surface area contributed by atoms with Crippen molar-refractivity contribution in [1.82, 2.24) is 14.4 Å². The normalized spacial score (nSPS) is 16.7. The summed E-state index contributed by atoms with van der Waals surface area (Å²) in [7, 11) is -3.74. The van der Waals surface area contributed by atoms with E-state index in [1.54, 1.807) is 13.8 Å². The molecule has 1 fully saturated rings. The van der Waals surface area contributed by atoms with Gasteiger partial charge in [-0.25, -0.2) is 8.42 Å². The lowest BCUT2D eigenvalue weighted by Gasteiger charge is -2.30. The fraction of sp³-hybridized carbons (Fsp3) is 0.360. The van der Waals surface area contributed by atoms with Crippen LogP contribution in [0.1, 0.15) is 35.0 Å². The van der Waals surface area contributed by atoms with Crippen molar-refractivity contribution < 1.29 is 17.7 Å². The Hall–Kier alpha value is -3.01. The second-order valence-corrected chi connectivity index (χ2v) is 10.5. The molecule has 0 spiro atoms. The summed E-state index contributed by atoms with van der Waals surface area (Å²) in [6.45, 7) is 6.89. The van der Waals surface area contributed by atoms with Gasteiger partial charge in [0.2, 0.25) is 15.9 Å². The van der Waals surface area contributed by atoms with Crippen LogP contribution in [0.3, 0.4) is 0 Å². The van der Waals surface area contributed by atoms with Crippen LogP contribution in [0, 0.1) is 20.8 Å². The number of hydrogen-bond acceptors (Lipinski definition) is 6. The summed E-state index contributed by atoms with van der Waals surface area (Å²) in [4.78, 5) is 15.7. The third-order valence-corrected chi connectivity index (χ3v) is 8.25. The standard InChI is InChI=1S/C25H30N4O4S/c1-18-10-12-22(13-11-18)26-25(30)23(21-8-5-4-6-9-21)28-14-7-15-29(17-16-28)34(31,32)24-19(2)27-33-20(24)3/h4-6,8-13,23H,7,14-17H2,1-3H3,(H,26,30)/t23-/m1/s1. The summed E-state index contributed by atoms with van der Waals surface area (Å²) in [6, 6.07) is 16.7. The minimum absolute atomic E-state index is 0.137. The lowest BCUT2D eigenvalue weighted by atomic mass is 10.0. The van der Waals surface area contributed by atoms with Gasteiger partial charge in [0.25, 0.3) is 0 Å². The number of carbonyl (C=O) groups excluding carboxylic acids is 1. The third-order valence-electron chi connectivity index (χ3n) is 6.10. The molecule has 1 aliphatic heterocycles. The quantitative estimate of drug-likeness (QED) is 0.576. The molecule has 2 aromatic carbocycles. The van der Waals surface area contributed by atoms with Crippen molar-refractivity contribution in [3.8, 4) is 0 Å². The van der Waals surface area contributed by atoms with Crippen LogP contribution < -0.4 is 5.32 Å². The molecule has 0 radical (unpaired) electrons. The number of hydrogen-bond donors (Lipinski definition) is 1. The number of benzene rings is 2. The molecule has 1 aliphatic rings. The zero-order valence-corrected chi connectivity index (χ0v) is 20.5. The van der Waals surface area contributed by atoms with Gasteiger partial charge in [-0.3, -0.25) is 9.69 Å². The summed E-state index contributed by atoms with van der Waals surface area (Å²) in [5.41, 5.74) is 3.08. The van der Waals surface area contributed by atoms with Crippen LogP contribution in [-0.2, 0) is 14.8 Å². The SMILES string of the molecule is Cc1ccc(NC(=O)[C@@H](c2ccccc2)N2CCCN(S(=O)(=O)c3c(C)noc3C)CC2)cc1. The molecule has 1 saturated heterocycles. The molecule has 3 aromatic rings. The number of nitrogens with one attached hydrogen (secondary N) is 1. The van der Waals surface area contributed by atoms with Crippen LogP contribution in [0.5, 0.6) is 0 Å². The maximum absolute atomic E-state index is 13.5. The van der Waals surface area contributed by atoms with Gasteiger partial charge in [-0.05, 0) is 44.9 Å². The number of sulfonamides is 1. The van der Waals surface area contributed by atoms with E-state index in [9.17, 15) is 13.2 Å². The highest BCUT2D eigenvalue weighted by Crippen LogP contribution is 2.28. The molecular formula is C25H30N4O4S. The highest BCUT2D eigenvalue weighted by Gasteiger charge is 2.35. The molecule has 1 amide bonds. The average molecular weight is 483 g/mol. The number of rotatable bonds is 6. The largest absolute Gasteiger partial charge is 0.360 e. The molecule has 0 bridgehead atoms. The molecule has 1 N–H and O–H groups in total. The second-order valence-electron chi connectivity index (χ2n) is 8.62. The topological polar surface area (TPSA) is 95.8 Å². The number of nitrogens with zero attached hydrogens (tertiary/aromatic N) is 3. The summed E-state index contributed by atoms with van der Waals surface area (Å²) < 4.78 is 33.2. The first-order valence-corrected chi connectivity index (χ1v) is 12.8. The van der Waals surface area contributed by atoms with Crippen molar-refractivity contribution in [3.05, 3.63) is 77.2 Å². The van der Waals surface area contributed by atoms with Crippen molar-refractivity contribution in [2.75, 3.05) is 31.5 Å². The zero-order valence-electron chi connectivity index (χ0n) is 19.7. The summed E-state index contributed by atoms with van der Waals surface area (Å²) in [5.74, 6) is 0.148. The van der Waals surface area contributed by atoms with Gasteiger partial charge in [0.15, 0.2) is 5.76 Å². The molecule has 1 aromatic heterocycles. The van der Waals surface area contributed by atoms with Crippen LogP contribution >= 0.6 is 0 Å². The van der Waals surface area contributed by atoms with Crippen molar-refractivity contribution in [3.63, 3.8) is 0 Å². The zero-order chi connectivity index (χ0) is 24.3. The van der Waals surface area contributed by atoms with E-state index in [1.165, 1.54) is 4.31 Å². The van der Waals surface area contributed by atoms with E-state index in [0.717, 1.165) is 16.8 Å². The molecule has 0 saturated carbocycles. The van der Waals surface area contributed by atoms with Gasteiger partial charge < -0.3 is 9.84 Å². The van der Waals surface area contributed by atoms with Crippen LogP contribution in [0.25, 0.3) is 0 Å². The molecule has 9 heteroatoms. The summed E-state index contributed by atoms with van der Waals surface area (Å²) in [5, 5.41) is 6.84. The maximum atomic E-state index is 13.5. The molecule has 2 heterocycles. The van der Waals surface area contributed by atoms with E-state index < -0.39 is 16.1 Å². The molecule has 0 unspecified atom stereocenters. The van der Waals surface area contributed by atoms with E-state index in [2.05, 4.69) is 15.4 Å². The molecule has 34 heavy (non-hydrogen) atoms. The van der Waals surface area contributed by atoms with Crippen molar-refractivity contribution in [1.29, 1.82) is 0 Å². The first-order chi connectivity index (χ1) is 16.3. The summed E-state index contributed by atoms with van der Waals surface area (Å²) >= 11 is 0. The van der Waals surface area contributed by atoms with Crippen LogP contribution in [0.4, 0.5) is 5.69 Å². The second kappa shape index (κ2) is 10.1. The Morgan fingerprint density at radius 1 is 0.971 bits per heavy atom. The molecule has 1 atom stereocenters. The molecule has 8 nitrogen and oxygen atoms in total. The Kier molecular flexibility index (Phi) is 7.16. The van der Waals surface area contributed by atoms with Gasteiger partial charge >= 0.3 is 0 Å². The Morgan fingerprint density at radius 3 is 2.32 bits per heavy atom. The number of carbonyl (C=O) groups is 1. The lowest BCUT2D eigenvalue weighted by Crippen LogP contribution is -2.40.